The fourth-order valence-electron chi connectivity index (χ4n) is 1.40. The molecule has 0 aromatic heterocycles. The van der Waals surface area contributed by atoms with Crippen LogP contribution in [0.25, 0.3) is 0 Å². The molecule has 0 nitrogen and oxygen atoms in total. The van der Waals surface area contributed by atoms with E-state index in [0.717, 1.165) is 18.1 Å². The molecule has 0 spiro atoms. The molecule has 1 aromatic carbocycles. The second-order valence-corrected chi connectivity index (χ2v) is 5.19. The van der Waals surface area contributed by atoms with E-state index in [2.05, 4.69) is 15.9 Å². The molecule has 1 unspecified atom stereocenters. The van der Waals surface area contributed by atoms with E-state index in [-0.39, 0.29) is 4.83 Å². The molecule has 0 heterocycles. The van der Waals surface area contributed by atoms with Crippen LogP contribution >= 0.6 is 15.9 Å². The van der Waals surface area contributed by atoms with Crippen LogP contribution in [0.2, 0.25) is 0 Å². The van der Waals surface area contributed by atoms with Crippen LogP contribution in [0, 0.1) is 6.92 Å². The maximum Gasteiger partial charge on any atom is 0.416 e. The molecule has 0 fully saturated rings. The molecule has 0 aliphatic carbocycles. The number of aryl methyl sites for hydroxylation is 1. The van der Waals surface area contributed by atoms with Gasteiger partial charge in [-0.3, -0.25) is 0 Å². The fraction of sp³-hybridized carbons (Fsp3) is 0.455. The number of alkyl halides is 4. The lowest BCUT2D eigenvalue weighted by Gasteiger charge is -2.11. The molecule has 0 aliphatic rings. The molecule has 15 heavy (non-hydrogen) atoms. The molecule has 0 N–H and O–H groups in total. The maximum absolute atomic E-state index is 12.4. The Morgan fingerprint density at radius 3 is 2.33 bits per heavy atom. The normalized spacial score (nSPS) is 14.0. The number of benzene rings is 1. The Morgan fingerprint density at radius 2 is 1.93 bits per heavy atom. The molecule has 0 bridgehead atoms. The van der Waals surface area contributed by atoms with Crippen LogP contribution in [0.3, 0.4) is 0 Å². The van der Waals surface area contributed by atoms with Crippen LogP contribution in [0.5, 0.6) is 0 Å². The molecule has 0 saturated carbocycles. The van der Waals surface area contributed by atoms with Crippen LogP contribution < -0.4 is 0 Å². The van der Waals surface area contributed by atoms with E-state index < -0.39 is 11.7 Å². The maximum atomic E-state index is 12.4. The van der Waals surface area contributed by atoms with Crippen molar-refractivity contribution in [3.8, 4) is 0 Å². The minimum Gasteiger partial charge on any atom is -0.166 e. The van der Waals surface area contributed by atoms with E-state index in [9.17, 15) is 13.2 Å². The highest BCUT2D eigenvalue weighted by Gasteiger charge is 2.30. The Balaban J connectivity index is 2.98. The Kier molecular flexibility index (Phi) is 3.82. The van der Waals surface area contributed by atoms with Crippen LogP contribution in [0.1, 0.15) is 23.6 Å². The summed E-state index contributed by atoms with van der Waals surface area (Å²) in [5, 5.41) is 0. The molecule has 1 aromatic rings. The fourth-order valence-corrected chi connectivity index (χ4v) is 1.75. The summed E-state index contributed by atoms with van der Waals surface area (Å²) in [7, 11) is 0. The number of rotatable bonds is 2. The van der Waals surface area contributed by atoms with Gasteiger partial charge in [0.1, 0.15) is 0 Å². The van der Waals surface area contributed by atoms with E-state index in [1.807, 2.05) is 6.92 Å². The molecule has 0 radical (unpaired) electrons. The summed E-state index contributed by atoms with van der Waals surface area (Å²) in [5.74, 6) is 0. The van der Waals surface area contributed by atoms with Gasteiger partial charge in [-0.25, -0.2) is 0 Å². The van der Waals surface area contributed by atoms with Gasteiger partial charge in [0.25, 0.3) is 0 Å². The van der Waals surface area contributed by atoms with Gasteiger partial charge < -0.3 is 0 Å². The lowest BCUT2D eigenvalue weighted by atomic mass is 10.0. The lowest BCUT2D eigenvalue weighted by molar-refractivity contribution is -0.137. The van der Waals surface area contributed by atoms with Gasteiger partial charge in [-0.2, -0.15) is 13.2 Å². The zero-order valence-electron chi connectivity index (χ0n) is 8.53. The summed E-state index contributed by atoms with van der Waals surface area (Å²) in [6, 6.07) is 3.89. The molecule has 1 atom stereocenters. The Hall–Kier alpha value is -0.510. The van der Waals surface area contributed by atoms with Gasteiger partial charge in [-0.05, 0) is 36.6 Å². The van der Waals surface area contributed by atoms with Crippen molar-refractivity contribution >= 4 is 15.9 Å². The van der Waals surface area contributed by atoms with Crippen LogP contribution in [0.4, 0.5) is 13.2 Å². The van der Waals surface area contributed by atoms with Gasteiger partial charge in [0.05, 0.1) is 5.56 Å². The van der Waals surface area contributed by atoms with Crippen molar-refractivity contribution in [2.75, 3.05) is 0 Å². The zero-order chi connectivity index (χ0) is 11.6. The third kappa shape index (κ3) is 3.52. The third-order valence-corrected chi connectivity index (χ3v) is 2.49. The Morgan fingerprint density at radius 1 is 1.33 bits per heavy atom. The number of hydrogen-bond donors (Lipinski definition) is 0. The molecule has 84 valence electrons. The molecule has 4 heteroatoms. The smallest absolute Gasteiger partial charge is 0.166 e. The van der Waals surface area contributed by atoms with Crippen molar-refractivity contribution in [3.05, 3.63) is 34.9 Å². The second kappa shape index (κ2) is 4.56. The van der Waals surface area contributed by atoms with Crippen molar-refractivity contribution in [1.82, 2.24) is 0 Å². The minimum atomic E-state index is -4.25. The van der Waals surface area contributed by atoms with E-state index >= 15 is 0 Å². The Bertz CT molecular complexity index is 342. The highest BCUT2D eigenvalue weighted by atomic mass is 79.9. The molecule has 1 rings (SSSR count). The summed E-state index contributed by atoms with van der Waals surface area (Å²) in [6.07, 6.45) is -3.51. The van der Waals surface area contributed by atoms with Crippen molar-refractivity contribution in [1.29, 1.82) is 0 Å². The van der Waals surface area contributed by atoms with Gasteiger partial charge in [-0.1, -0.05) is 28.9 Å². The second-order valence-electron chi connectivity index (χ2n) is 3.62. The first-order chi connectivity index (χ1) is 6.80. The van der Waals surface area contributed by atoms with E-state index in [1.54, 1.807) is 13.0 Å². The van der Waals surface area contributed by atoms with Crippen LogP contribution in [0.15, 0.2) is 18.2 Å². The van der Waals surface area contributed by atoms with E-state index in [1.165, 1.54) is 6.07 Å². The highest BCUT2D eigenvalue weighted by molar-refractivity contribution is 9.09. The molecular weight excluding hydrogens is 269 g/mol. The standard InChI is InChI=1S/C11H12BrF3/c1-7-5-10(11(13,14)15)4-3-9(7)6-8(2)12/h3-5,8H,6H2,1-2H3. The van der Waals surface area contributed by atoms with Crippen LogP contribution in [-0.2, 0) is 12.6 Å². The van der Waals surface area contributed by atoms with Crippen molar-refractivity contribution in [3.63, 3.8) is 0 Å². The van der Waals surface area contributed by atoms with Gasteiger partial charge in [-0.15, -0.1) is 0 Å². The van der Waals surface area contributed by atoms with Crippen molar-refractivity contribution < 1.29 is 13.2 Å². The largest absolute Gasteiger partial charge is 0.416 e. The topological polar surface area (TPSA) is 0 Å². The first kappa shape index (κ1) is 12.6. The number of hydrogen-bond acceptors (Lipinski definition) is 0. The predicted octanol–water partition coefficient (Wildman–Crippen LogP) is 4.34. The van der Waals surface area contributed by atoms with Crippen molar-refractivity contribution in [2.24, 2.45) is 0 Å². The SMILES string of the molecule is Cc1cc(C(F)(F)F)ccc1CC(C)Br. The lowest BCUT2D eigenvalue weighted by Crippen LogP contribution is -2.07. The van der Waals surface area contributed by atoms with Crippen LogP contribution in [-0.4, -0.2) is 4.83 Å². The first-order valence-corrected chi connectivity index (χ1v) is 5.53. The summed E-state index contributed by atoms with van der Waals surface area (Å²) in [5.41, 5.74) is 1.06. The summed E-state index contributed by atoms with van der Waals surface area (Å²) >= 11 is 3.38. The molecule has 0 saturated heterocycles. The monoisotopic (exact) mass is 280 g/mol. The third-order valence-electron chi connectivity index (χ3n) is 2.17. The van der Waals surface area contributed by atoms with Gasteiger partial charge in [0.15, 0.2) is 0 Å². The van der Waals surface area contributed by atoms with E-state index in [4.69, 9.17) is 0 Å². The van der Waals surface area contributed by atoms with Gasteiger partial charge >= 0.3 is 6.18 Å². The summed E-state index contributed by atoms with van der Waals surface area (Å²) in [6.45, 7) is 3.68. The molecule has 0 amide bonds. The van der Waals surface area contributed by atoms with Gasteiger partial charge in [0.2, 0.25) is 0 Å². The summed E-state index contributed by atoms with van der Waals surface area (Å²) < 4.78 is 37.1. The average Bonchev–Trinajstić information content (AvgIpc) is 2.05. The minimum absolute atomic E-state index is 0.271. The average molecular weight is 281 g/mol. The first-order valence-electron chi connectivity index (χ1n) is 4.61. The van der Waals surface area contributed by atoms with Crippen molar-refractivity contribution in [2.45, 2.75) is 31.3 Å². The molecule has 0 aliphatic heterocycles. The predicted molar refractivity (Wildman–Crippen MR) is 58.3 cm³/mol. The highest BCUT2D eigenvalue weighted by Crippen LogP contribution is 2.30. The number of halogens is 4. The van der Waals surface area contributed by atoms with E-state index in [0.29, 0.717) is 5.56 Å². The molecular formula is C11H12BrF3. The Labute approximate surface area is 95.6 Å². The summed E-state index contributed by atoms with van der Waals surface area (Å²) in [4.78, 5) is 0.271. The van der Waals surface area contributed by atoms with Gasteiger partial charge in [0, 0.05) is 4.83 Å². The quantitative estimate of drug-likeness (QED) is 0.707. The zero-order valence-corrected chi connectivity index (χ0v) is 10.1.